The Labute approximate surface area is 142 Å². The summed E-state index contributed by atoms with van der Waals surface area (Å²) in [6, 6.07) is 18.6. The van der Waals surface area contributed by atoms with Crippen LogP contribution in [0, 0.1) is 0 Å². The van der Waals surface area contributed by atoms with Gasteiger partial charge in [0.05, 0.1) is 13.2 Å². The Morgan fingerprint density at radius 3 is 2.25 bits per heavy atom. The molecule has 0 saturated carbocycles. The van der Waals surface area contributed by atoms with Gasteiger partial charge in [0.25, 0.3) is 5.91 Å². The number of hydrogen-bond acceptors (Lipinski definition) is 3. The lowest BCUT2D eigenvalue weighted by Crippen LogP contribution is -2.41. The third-order valence-corrected chi connectivity index (χ3v) is 3.57. The van der Waals surface area contributed by atoms with E-state index in [-0.39, 0.29) is 18.4 Å². The van der Waals surface area contributed by atoms with E-state index in [1.54, 1.807) is 36.3 Å². The molecule has 0 fully saturated rings. The average Bonchev–Trinajstić information content (AvgIpc) is 2.64. The predicted molar refractivity (Wildman–Crippen MR) is 92.5 cm³/mol. The van der Waals surface area contributed by atoms with Gasteiger partial charge in [-0.05, 0) is 17.7 Å². The van der Waals surface area contributed by atoms with Crippen LogP contribution in [0.25, 0.3) is 0 Å². The number of methoxy groups -OCH3 is 1. The Hall–Kier alpha value is -2.66. The topological polar surface area (TPSA) is 58.6 Å². The van der Waals surface area contributed by atoms with Gasteiger partial charge >= 0.3 is 0 Å². The Kier molecular flexibility index (Phi) is 6.98. The summed E-state index contributed by atoms with van der Waals surface area (Å²) in [4.78, 5) is 26.2. The van der Waals surface area contributed by atoms with Crippen LogP contribution in [0.3, 0.4) is 0 Å². The van der Waals surface area contributed by atoms with Crippen LogP contribution in [0.2, 0.25) is 0 Å². The van der Waals surface area contributed by atoms with Gasteiger partial charge in [-0.3, -0.25) is 9.59 Å². The summed E-state index contributed by atoms with van der Waals surface area (Å²) in [5, 5.41) is 2.67. The molecule has 0 unspecified atom stereocenters. The summed E-state index contributed by atoms with van der Waals surface area (Å²) in [6.07, 6.45) is 0. The lowest BCUT2D eigenvalue weighted by Gasteiger charge is -2.22. The Morgan fingerprint density at radius 2 is 1.62 bits per heavy atom. The summed E-state index contributed by atoms with van der Waals surface area (Å²) in [5.41, 5.74) is 1.58. The summed E-state index contributed by atoms with van der Waals surface area (Å²) < 4.78 is 5.07. The minimum Gasteiger partial charge on any atom is -0.383 e. The molecule has 126 valence electrons. The molecule has 0 radical (unpaired) electrons. The molecule has 2 aromatic rings. The molecule has 5 nitrogen and oxygen atoms in total. The van der Waals surface area contributed by atoms with E-state index >= 15 is 0 Å². The number of carbonyl (C=O) groups excluding carboxylic acids is 2. The quantitative estimate of drug-likeness (QED) is 0.808. The van der Waals surface area contributed by atoms with Crippen LogP contribution in [0.5, 0.6) is 0 Å². The molecule has 0 bridgehead atoms. The van der Waals surface area contributed by atoms with Crippen LogP contribution >= 0.6 is 0 Å². The molecule has 0 aliphatic carbocycles. The molecular weight excluding hydrogens is 304 g/mol. The standard InChI is InChI=1S/C19H22N2O3/c1-24-13-12-21(15-16-8-4-2-5-9-16)18(22)14-20-19(23)17-10-6-3-7-11-17/h2-11H,12-15H2,1H3,(H,20,23). The number of nitrogens with one attached hydrogen (secondary N) is 1. The van der Waals surface area contributed by atoms with E-state index in [1.807, 2.05) is 36.4 Å². The van der Waals surface area contributed by atoms with Crippen LogP contribution in [0.15, 0.2) is 60.7 Å². The maximum atomic E-state index is 12.4. The highest BCUT2D eigenvalue weighted by atomic mass is 16.5. The molecule has 0 saturated heterocycles. The molecule has 0 atom stereocenters. The third kappa shape index (κ3) is 5.52. The molecule has 2 rings (SSSR count). The van der Waals surface area contributed by atoms with Crippen molar-refractivity contribution >= 4 is 11.8 Å². The zero-order valence-corrected chi connectivity index (χ0v) is 13.8. The van der Waals surface area contributed by atoms with Crippen molar-refractivity contribution in [3.63, 3.8) is 0 Å². The van der Waals surface area contributed by atoms with Crippen molar-refractivity contribution in [1.82, 2.24) is 10.2 Å². The van der Waals surface area contributed by atoms with Crippen LogP contribution < -0.4 is 5.32 Å². The van der Waals surface area contributed by atoms with E-state index in [0.717, 1.165) is 5.56 Å². The molecule has 0 aliphatic heterocycles. The minimum absolute atomic E-state index is 0.0374. The first-order chi connectivity index (χ1) is 11.7. The summed E-state index contributed by atoms with van der Waals surface area (Å²) in [6.45, 7) is 1.38. The third-order valence-electron chi connectivity index (χ3n) is 3.57. The van der Waals surface area contributed by atoms with Crippen LogP contribution in [0.4, 0.5) is 0 Å². The maximum absolute atomic E-state index is 12.4. The van der Waals surface area contributed by atoms with E-state index < -0.39 is 0 Å². The number of benzene rings is 2. The smallest absolute Gasteiger partial charge is 0.251 e. The van der Waals surface area contributed by atoms with Gasteiger partial charge in [-0.1, -0.05) is 48.5 Å². The fourth-order valence-corrected chi connectivity index (χ4v) is 2.26. The van der Waals surface area contributed by atoms with Gasteiger partial charge in [0.15, 0.2) is 0 Å². The molecule has 0 spiro atoms. The average molecular weight is 326 g/mol. The number of ether oxygens (including phenoxy) is 1. The monoisotopic (exact) mass is 326 g/mol. The van der Waals surface area contributed by atoms with Crippen molar-refractivity contribution < 1.29 is 14.3 Å². The van der Waals surface area contributed by atoms with Crippen LogP contribution in [-0.4, -0.2) is 43.5 Å². The second-order valence-corrected chi connectivity index (χ2v) is 5.34. The van der Waals surface area contributed by atoms with Crippen LogP contribution in [-0.2, 0) is 16.1 Å². The number of hydrogen-bond donors (Lipinski definition) is 1. The van der Waals surface area contributed by atoms with Gasteiger partial charge in [0.1, 0.15) is 0 Å². The largest absolute Gasteiger partial charge is 0.383 e. The lowest BCUT2D eigenvalue weighted by atomic mass is 10.2. The summed E-state index contributed by atoms with van der Waals surface area (Å²) in [5.74, 6) is -0.393. The first-order valence-electron chi connectivity index (χ1n) is 7.84. The van der Waals surface area contributed by atoms with E-state index in [2.05, 4.69) is 5.32 Å². The number of amides is 2. The van der Waals surface area contributed by atoms with Gasteiger partial charge in [-0.25, -0.2) is 0 Å². The Bertz CT molecular complexity index is 644. The van der Waals surface area contributed by atoms with Crippen molar-refractivity contribution in [1.29, 1.82) is 0 Å². The molecule has 2 aromatic carbocycles. The molecular formula is C19H22N2O3. The van der Waals surface area contributed by atoms with E-state index in [4.69, 9.17) is 4.74 Å². The van der Waals surface area contributed by atoms with Crippen LogP contribution in [0.1, 0.15) is 15.9 Å². The first kappa shape index (κ1) is 17.7. The number of carbonyl (C=O) groups is 2. The normalized spacial score (nSPS) is 10.2. The zero-order chi connectivity index (χ0) is 17.2. The number of nitrogens with zero attached hydrogens (tertiary/aromatic N) is 1. The van der Waals surface area contributed by atoms with Crippen molar-refractivity contribution in [2.75, 3.05) is 26.8 Å². The highest BCUT2D eigenvalue weighted by molar-refractivity contribution is 5.96. The second kappa shape index (κ2) is 9.47. The highest BCUT2D eigenvalue weighted by Gasteiger charge is 2.15. The molecule has 2 amide bonds. The zero-order valence-electron chi connectivity index (χ0n) is 13.8. The molecule has 24 heavy (non-hydrogen) atoms. The fourth-order valence-electron chi connectivity index (χ4n) is 2.26. The summed E-state index contributed by atoms with van der Waals surface area (Å²) in [7, 11) is 1.60. The Morgan fingerprint density at radius 1 is 1.00 bits per heavy atom. The van der Waals surface area contributed by atoms with Gasteiger partial charge in [-0.2, -0.15) is 0 Å². The van der Waals surface area contributed by atoms with Crippen molar-refractivity contribution in [3.05, 3.63) is 71.8 Å². The second-order valence-electron chi connectivity index (χ2n) is 5.34. The SMILES string of the molecule is COCCN(Cc1ccccc1)C(=O)CNC(=O)c1ccccc1. The molecule has 5 heteroatoms. The van der Waals surface area contributed by atoms with Gasteiger partial charge < -0.3 is 15.0 Å². The van der Waals surface area contributed by atoms with E-state index in [0.29, 0.717) is 25.3 Å². The van der Waals surface area contributed by atoms with Gasteiger partial charge in [0, 0.05) is 25.8 Å². The number of rotatable bonds is 8. The molecule has 0 aliphatic rings. The van der Waals surface area contributed by atoms with E-state index in [1.165, 1.54) is 0 Å². The molecule has 1 N–H and O–H groups in total. The molecule has 0 aromatic heterocycles. The van der Waals surface area contributed by atoms with Gasteiger partial charge in [-0.15, -0.1) is 0 Å². The fraction of sp³-hybridized carbons (Fsp3) is 0.263. The minimum atomic E-state index is -0.254. The Balaban J connectivity index is 1.93. The molecule has 0 heterocycles. The van der Waals surface area contributed by atoms with Gasteiger partial charge in [0.2, 0.25) is 5.91 Å². The van der Waals surface area contributed by atoms with Crippen molar-refractivity contribution in [3.8, 4) is 0 Å². The lowest BCUT2D eigenvalue weighted by molar-refractivity contribution is -0.131. The summed E-state index contributed by atoms with van der Waals surface area (Å²) >= 11 is 0. The maximum Gasteiger partial charge on any atom is 0.251 e. The highest BCUT2D eigenvalue weighted by Crippen LogP contribution is 2.05. The predicted octanol–water partition coefficient (Wildman–Crippen LogP) is 2.09. The van der Waals surface area contributed by atoms with Crippen molar-refractivity contribution in [2.45, 2.75) is 6.54 Å². The van der Waals surface area contributed by atoms with Crippen molar-refractivity contribution in [2.24, 2.45) is 0 Å². The first-order valence-corrected chi connectivity index (χ1v) is 7.84. The van der Waals surface area contributed by atoms with E-state index in [9.17, 15) is 9.59 Å².